The second-order valence-corrected chi connectivity index (χ2v) is 10.7. The molecule has 1 unspecified atom stereocenters. The largest absolute Gasteiger partial charge is 0.396 e. The van der Waals surface area contributed by atoms with E-state index in [-0.39, 0.29) is 11.9 Å². The third-order valence-corrected chi connectivity index (χ3v) is 7.57. The molecular formula is C19H26ClN5O6P. The first-order valence-corrected chi connectivity index (χ1v) is 12.8. The predicted molar refractivity (Wildman–Crippen MR) is 115 cm³/mol. The number of fused-ring (bicyclic) bond motifs is 2. The fourth-order valence-electron chi connectivity index (χ4n) is 5.29. The molecule has 1 radical (unpaired) electrons. The summed E-state index contributed by atoms with van der Waals surface area (Å²) in [5.74, 6) is 1.29. The van der Waals surface area contributed by atoms with E-state index in [0.717, 1.165) is 13.1 Å². The number of aliphatic hydroxyl groups excluding tert-OH is 2. The molecule has 5 rings (SSSR count). The quantitative estimate of drug-likeness (QED) is 0.406. The second-order valence-electron chi connectivity index (χ2n) is 8.83. The van der Waals surface area contributed by atoms with E-state index in [9.17, 15) is 19.7 Å². The van der Waals surface area contributed by atoms with Crippen molar-refractivity contribution in [2.24, 2.45) is 17.8 Å². The van der Waals surface area contributed by atoms with Crippen LogP contribution in [-0.2, 0) is 13.8 Å². The molecule has 3 fully saturated rings. The molecule has 7 atom stereocenters. The molecule has 3 N–H and O–H groups in total. The molecule has 0 amide bonds. The van der Waals surface area contributed by atoms with Crippen LogP contribution in [0.15, 0.2) is 6.20 Å². The molecule has 2 aliphatic heterocycles. The molecule has 1 saturated carbocycles. The number of hydrogen-bond donors (Lipinski definition) is 3. The first-order chi connectivity index (χ1) is 15.2. The molecule has 1 aliphatic carbocycles. The van der Waals surface area contributed by atoms with E-state index in [1.165, 1.54) is 23.9 Å². The molecule has 2 saturated heterocycles. The van der Waals surface area contributed by atoms with Crippen molar-refractivity contribution in [2.75, 3.05) is 31.2 Å². The van der Waals surface area contributed by atoms with Gasteiger partial charge in [0.1, 0.15) is 11.9 Å². The predicted octanol–water partition coefficient (Wildman–Crippen LogP) is 1.58. The minimum atomic E-state index is -3.99. The molecule has 0 spiro atoms. The molecule has 2 aromatic rings. The third kappa shape index (κ3) is 4.04. The summed E-state index contributed by atoms with van der Waals surface area (Å²) in [6.07, 6.45) is 2.38. The molecule has 11 nitrogen and oxygen atoms in total. The van der Waals surface area contributed by atoms with Crippen LogP contribution in [0.3, 0.4) is 0 Å². The lowest BCUT2D eigenvalue weighted by molar-refractivity contribution is -0.0532. The average molecular weight is 487 g/mol. The minimum absolute atomic E-state index is 0.0654. The van der Waals surface area contributed by atoms with E-state index < -0.39 is 38.6 Å². The van der Waals surface area contributed by atoms with Crippen LogP contribution in [-0.4, -0.2) is 73.4 Å². The first-order valence-electron chi connectivity index (χ1n) is 10.7. The summed E-state index contributed by atoms with van der Waals surface area (Å²) in [5, 5.41) is 25.7. The fourth-order valence-corrected chi connectivity index (χ4v) is 5.83. The summed E-state index contributed by atoms with van der Waals surface area (Å²) < 4.78 is 23.5. The van der Waals surface area contributed by atoms with Gasteiger partial charge in [-0.25, -0.2) is 4.68 Å². The van der Waals surface area contributed by atoms with Crippen LogP contribution in [0.25, 0.3) is 11.0 Å². The summed E-state index contributed by atoms with van der Waals surface area (Å²) >= 11 is 6.26. The van der Waals surface area contributed by atoms with E-state index in [2.05, 4.69) is 26.6 Å². The van der Waals surface area contributed by atoms with Gasteiger partial charge in [-0.2, -0.15) is 15.1 Å². The van der Waals surface area contributed by atoms with Crippen LogP contribution >= 0.6 is 19.2 Å². The Bertz CT molecular complexity index is 1040. The van der Waals surface area contributed by atoms with Crippen LogP contribution < -0.4 is 4.90 Å². The monoisotopic (exact) mass is 486 g/mol. The maximum atomic E-state index is 11.4. The third-order valence-electron chi connectivity index (χ3n) is 6.85. The van der Waals surface area contributed by atoms with Gasteiger partial charge in [0.15, 0.2) is 11.9 Å². The van der Waals surface area contributed by atoms with Crippen molar-refractivity contribution in [1.29, 1.82) is 0 Å². The first kappa shape index (κ1) is 22.5. The van der Waals surface area contributed by atoms with Gasteiger partial charge in [-0.05, 0) is 36.3 Å². The van der Waals surface area contributed by atoms with Gasteiger partial charge in [-0.3, -0.25) is 4.57 Å². The highest BCUT2D eigenvalue weighted by molar-refractivity contribution is 7.54. The molecule has 4 heterocycles. The van der Waals surface area contributed by atoms with E-state index in [0.29, 0.717) is 28.7 Å². The summed E-state index contributed by atoms with van der Waals surface area (Å²) in [6.45, 7) is 4.16. The highest BCUT2D eigenvalue weighted by Gasteiger charge is 2.46. The number of nitrogens with zero attached hydrogens (tertiary/aromatic N) is 5. The topological polar surface area (TPSA) is 143 Å². The average Bonchev–Trinajstić information content (AvgIpc) is 3.47. The minimum Gasteiger partial charge on any atom is -0.396 e. The summed E-state index contributed by atoms with van der Waals surface area (Å²) in [7, 11) is -3.99. The van der Waals surface area contributed by atoms with Crippen molar-refractivity contribution >= 4 is 36.0 Å². The van der Waals surface area contributed by atoms with Gasteiger partial charge in [0, 0.05) is 19.0 Å². The summed E-state index contributed by atoms with van der Waals surface area (Å²) in [5.41, 5.74) is 0.407. The smallest absolute Gasteiger partial charge is 0.328 e. The Labute approximate surface area is 189 Å². The molecule has 32 heavy (non-hydrogen) atoms. The van der Waals surface area contributed by atoms with Crippen molar-refractivity contribution in [2.45, 2.75) is 37.7 Å². The maximum absolute atomic E-state index is 11.4. The van der Waals surface area contributed by atoms with Gasteiger partial charge >= 0.3 is 7.60 Å². The molecule has 0 bridgehead atoms. The lowest BCUT2D eigenvalue weighted by Gasteiger charge is -2.20. The van der Waals surface area contributed by atoms with Crippen LogP contribution in [0.5, 0.6) is 0 Å². The highest BCUT2D eigenvalue weighted by atomic mass is 35.5. The highest BCUT2D eigenvalue weighted by Crippen LogP contribution is 2.43. The number of ether oxygens (including phenoxy) is 1. The molecule has 175 valence electrons. The Balaban J connectivity index is 1.44. The molecule has 13 heteroatoms. The number of anilines is 1. The number of halogens is 1. The normalized spacial score (nSPS) is 34.3. The number of aromatic nitrogens is 4. The maximum Gasteiger partial charge on any atom is 0.328 e. The van der Waals surface area contributed by atoms with Crippen molar-refractivity contribution in [3.63, 3.8) is 0 Å². The van der Waals surface area contributed by atoms with Gasteiger partial charge < -0.3 is 29.3 Å². The van der Waals surface area contributed by atoms with Gasteiger partial charge in [0.2, 0.25) is 5.28 Å². The van der Waals surface area contributed by atoms with E-state index >= 15 is 0 Å². The standard InChI is InChI=1S/C19H26ClN5O6P/c1-32(28,29)30-9-14-13(8-26)15(27)18(31-14)25-17-12(5-21-25)16(22-19(20)23-17)24-6-10-3-2-4-11(10)7-24/h5,10-11,13-15,18,26-27H,1-4,6-9H2,(H,28,29)/t10-,11+,13-,14+,15+,18+/m0/s1. The number of rotatable bonds is 6. The Morgan fingerprint density at radius 3 is 2.69 bits per heavy atom. The summed E-state index contributed by atoms with van der Waals surface area (Å²) in [4.78, 5) is 20.3. The van der Waals surface area contributed by atoms with E-state index in [1.54, 1.807) is 6.20 Å². The Morgan fingerprint density at radius 1 is 1.31 bits per heavy atom. The van der Waals surface area contributed by atoms with E-state index in [1.807, 2.05) is 0 Å². The Hall–Kier alpha value is -1.33. The van der Waals surface area contributed by atoms with Crippen LogP contribution in [0.4, 0.5) is 5.82 Å². The fraction of sp³-hybridized carbons (Fsp3) is 0.684. The molecule has 0 aromatic carbocycles. The lowest BCUT2D eigenvalue weighted by Crippen LogP contribution is -2.31. The number of hydrogen-bond acceptors (Lipinski definition) is 9. The Kier molecular flexibility index (Phi) is 5.94. The molecular weight excluding hydrogens is 461 g/mol. The van der Waals surface area contributed by atoms with Crippen LogP contribution in [0, 0.1) is 24.4 Å². The van der Waals surface area contributed by atoms with Crippen LogP contribution in [0.2, 0.25) is 5.28 Å². The van der Waals surface area contributed by atoms with Gasteiger partial charge in [0.25, 0.3) is 0 Å². The zero-order chi connectivity index (χ0) is 22.6. The zero-order valence-electron chi connectivity index (χ0n) is 17.3. The zero-order valence-corrected chi connectivity index (χ0v) is 19.0. The van der Waals surface area contributed by atoms with Crippen LogP contribution in [0.1, 0.15) is 25.5 Å². The van der Waals surface area contributed by atoms with Crippen molar-refractivity contribution in [1.82, 2.24) is 19.7 Å². The second kappa shape index (κ2) is 8.47. The summed E-state index contributed by atoms with van der Waals surface area (Å²) in [6, 6.07) is 0. The molecule has 2 aromatic heterocycles. The van der Waals surface area contributed by atoms with Gasteiger partial charge in [0.05, 0.1) is 37.6 Å². The lowest BCUT2D eigenvalue weighted by atomic mass is 10.00. The van der Waals surface area contributed by atoms with Crippen molar-refractivity contribution in [3.05, 3.63) is 18.1 Å². The SMILES string of the molecule is [CH2]P(=O)(O)OC[C@H]1O[C@@H](n2ncc3c(N4C[C@H]5CCC[C@H]5C4)nc(Cl)nc32)[C@H](O)[C@H]1CO. The number of aliphatic hydroxyl groups is 2. The van der Waals surface area contributed by atoms with Crippen molar-refractivity contribution < 1.29 is 28.9 Å². The van der Waals surface area contributed by atoms with Gasteiger partial charge in [-0.15, -0.1) is 0 Å². The van der Waals surface area contributed by atoms with Crippen molar-refractivity contribution in [3.8, 4) is 0 Å². The Morgan fingerprint density at radius 2 is 2.03 bits per heavy atom. The van der Waals surface area contributed by atoms with E-state index in [4.69, 9.17) is 20.9 Å². The molecule has 3 aliphatic rings. The van der Waals surface area contributed by atoms with Gasteiger partial charge in [-0.1, -0.05) is 6.42 Å².